The summed E-state index contributed by atoms with van der Waals surface area (Å²) < 4.78 is 24.7. The van der Waals surface area contributed by atoms with Gasteiger partial charge in [-0.3, -0.25) is 4.79 Å². The minimum absolute atomic E-state index is 0.0650. The Balaban J connectivity index is 1.40. The third-order valence-electron chi connectivity index (χ3n) is 6.01. The molecule has 6 nitrogen and oxygen atoms in total. The van der Waals surface area contributed by atoms with Crippen LogP contribution in [0.5, 0.6) is 0 Å². The summed E-state index contributed by atoms with van der Waals surface area (Å²) in [5.41, 5.74) is 1.08. The molecule has 0 aromatic heterocycles. The van der Waals surface area contributed by atoms with Gasteiger partial charge in [0.05, 0.1) is 17.4 Å². The Hall–Kier alpha value is -1.91. The molecule has 2 fully saturated rings. The second kappa shape index (κ2) is 10.2. The molecule has 3 rings (SSSR count). The molecule has 1 aliphatic carbocycles. The lowest BCUT2D eigenvalue weighted by Gasteiger charge is -2.35. The molecule has 1 aromatic carbocycles. The van der Waals surface area contributed by atoms with Crippen LogP contribution in [0.25, 0.3) is 0 Å². The van der Waals surface area contributed by atoms with Crippen LogP contribution in [-0.4, -0.2) is 50.7 Å². The fraction of sp³-hybridized carbons (Fsp3) is 0.636. The minimum atomic E-state index is -3.54. The van der Waals surface area contributed by atoms with Gasteiger partial charge < -0.3 is 10.2 Å². The van der Waals surface area contributed by atoms with Gasteiger partial charge in [0.1, 0.15) is 5.75 Å². The van der Waals surface area contributed by atoms with Crippen LogP contribution in [0.15, 0.2) is 24.3 Å². The molecular weight excluding hydrogens is 386 g/mol. The van der Waals surface area contributed by atoms with E-state index in [1.54, 1.807) is 24.3 Å². The molecule has 158 valence electrons. The first-order chi connectivity index (χ1) is 13.9. The summed E-state index contributed by atoms with van der Waals surface area (Å²) in [4.78, 5) is 14.8. The molecule has 1 amide bonds. The van der Waals surface area contributed by atoms with Gasteiger partial charge >= 0.3 is 0 Å². The van der Waals surface area contributed by atoms with Gasteiger partial charge in [-0.15, -0.1) is 0 Å². The van der Waals surface area contributed by atoms with Crippen molar-refractivity contribution < 1.29 is 13.2 Å². The first-order valence-electron chi connectivity index (χ1n) is 10.6. The molecule has 2 aliphatic rings. The number of carbonyl (C=O) groups is 1. The second-order valence-corrected chi connectivity index (χ2v) is 10.6. The van der Waals surface area contributed by atoms with Crippen molar-refractivity contribution in [3.05, 3.63) is 35.4 Å². The summed E-state index contributed by atoms with van der Waals surface area (Å²) in [6.07, 6.45) is 8.53. The maximum Gasteiger partial charge on any atom is 0.235 e. The number of piperidine rings is 1. The highest BCUT2D eigenvalue weighted by Gasteiger charge is 2.25. The molecule has 1 aromatic rings. The number of rotatable bonds is 7. The van der Waals surface area contributed by atoms with Gasteiger partial charge in [0.2, 0.25) is 5.91 Å². The van der Waals surface area contributed by atoms with Crippen molar-refractivity contribution in [3.63, 3.8) is 0 Å². The average molecular weight is 418 g/mol. The van der Waals surface area contributed by atoms with Crippen molar-refractivity contribution in [3.8, 4) is 6.07 Å². The molecule has 0 bridgehead atoms. The van der Waals surface area contributed by atoms with E-state index >= 15 is 0 Å². The number of benzene rings is 1. The number of amides is 1. The van der Waals surface area contributed by atoms with E-state index in [2.05, 4.69) is 10.2 Å². The summed E-state index contributed by atoms with van der Waals surface area (Å²) in [5, 5.41) is 11.7. The van der Waals surface area contributed by atoms with Crippen molar-refractivity contribution in [2.45, 2.75) is 56.7 Å². The van der Waals surface area contributed by atoms with Gasteiger partial charge in [-0.25, -0.2) is 8.42 Å². The van der Waals surface area contributed by atoms with Crippen LogP contribution in [0.1, 0.15) is 56.1 Å². The van der Waals surface area contributed by atoms with Crippen LogP contribution < -0.4 is 5.32 Å². The summed E-state index contributed by atoms with van der Waals surface area (Å²) in [5.74, 6) is -0.270. The van der Waals surface area contributed by atoms with E-state index in [1.807, 2.05) is 6.07 Å². The molecular formula is C22H31N3O3S. The molecule has 29 heavy (non-hydrogen) atoms. The number of sulfone groups is 1. The van der Waals surface area contributed by atoms with Crippen molar-refractivity contribution in [1.82, 2.24) is 10.2 Å². The van der Waals surface area contributed by atoms with Gasteiger partial charge in [0.25, 0.3) is 0 Å². The maximum absolute atomic E-state index is 12.3. The number of nitrogens with zero attached hydrogens (tertiary/aromatic N) is 2. The van der Waals surface area contributed by atoms with Crippen molar-refractivity contribution >= 4 is 15.7 Å². The molecule has 1 N–H and O–H groups in total. The lowest BCUT2D eigenvalue weighted by Crippen LogP contribution is -2.47. The molecule has 1 saturated heterocycles. The largest absolute Gasteiger partial charge is 0.352 e. The number of nitriles is 1. The van der Waals surface area contributed by atoms with Gasteiger partial charge in [-0.2, -0.15) is 5.26 Å². The Kier molecular flexibility index (Phi) is 7.68. The minimum Gasteiger partial charge on any atom is -0.352 e. The van der Waals surface area contributed by atoms with Crippen LogP contribution in [0, 0.1) is 17.2 Å². The van der Waals surface area contributed by atoms with Crippen molar-refractivity contribution in [2.24, 2.45) is 5.92 Å². The van der Waals surface area contributed by atoms with Crippen LogP contribution in [0.2, 0.25) is 0 Å². The average Bonchev–Trinajstić information content (AvgIpc) is 2.70. The molecule has 7 heteroatoms. The van der Waals surface area contributed by atoms with Gasteiger partial charge in [-0.1, -0.05) is 31.4 Å². The Bertz CT molecular complexity index is 816. The number of hydrogen-bond donors (Lipinski definition) is 1. The fourth-order valence-electron chi connectivity index (χ4n) is 4.44. The Morgan fingerprint density at radius 2 is 1.72 bits per heavy atom. The van der Waals surface area contributed by atoms with Crippen LogP contribution in [0.3, 0.4) is 0 Å². The van der Waals surface area contributed by atoms with Crippen molar-refractivity contribution in [2.75, 3.05) is 25.4 Å². The molecule has 0 atom stereocenters. The molecule has 1 aliphatic heterocycles. The first kappa shape index (κ1) is 21.8. The van der Waals surface area contributed by atoms with Crippen LogP contribution in [0.4, 0.5) is 0 Å². The summed E-state index contributed by atoms with van der Waals surface area (Å²) in [7, 11) is -3.54. The SMILES string of the molecule is N#Cc1ccc(CS(=O)(=O)CC(=O)NC2CCN(CC3CCCCC3)CC2)cc1. The lowest BCUT2D eigenvalue weighted by molar-refractivity contribution is -0.119. The van der Waals surface area contributed by atoms with Gasteiger partial charge in [0.15, 0.2) is 9.84 Å². The fourth-order valence-corrected chi connectivity index (χ4v) is 5.73. The summed E-state index contributed by atoms with van der Waals surface area (Å²) in [6.45, 7) is 3.11. The van der Waals surface area contributed by atoms with E-state index in [9.17, 15) is 13.2 Å². The van der Waals surface area contributed by atoms with E-state index < -0.39 is 21.5 Å². The summed E-state index contributed by atoms with van der Waals surface area (Å²) in [6, 6.07) is 8.49. The number of hydrogen-bond acceptors (Lipinski definition) is 5. The Morgan fingerprint density at radius 3 is 2.34 bits per heavy atom. The van der Waals surface area contributed by atoms with Gasteiger partial charge in [-0.05, 0) is 49.3 Å². The van der Waals surface area contributed by atoms with E-state index in [0.29, 0.717) is 11.1 Å². The Morgan fingerprint density at radius 1 is 1.07 bits per heavy atom. The zero-order valence-corrected chi connectivity index (χ0v) is 17.8. The third-order valence-corrected chi connectivity index (χ3v) is 7.49. The second-order valence-electron chi connectivity index (χ2n) is 8.49. The van der Waals surface area contributed by atoms with Gasteiger partial charge in [0, 0.05) is 25.7 Å². The molecule has 0 spiro atoms. The molecule has 0 radical (unpaired) electrons. The predicted molar refractivity (Wildman–Crippen MR) is 113 cm³/mol. The normalized spacial score (nSPS) is 19.6. The number of nitrogens with one attached hydrogen (secondary N) is 1. The molecule has 1 heterocycles. The number of carbonyl (C=O) groups excluding carboxylic acids is 1. The molecule has 1 saturated carbocycles. The Labute approximate surface area is 174 Å². The highest BCUT2D eigenvalue weighted by molar-refractivity contribution is 7.91. The zero-order valence-electron chi connectivity index (χ0n) is 17.0. The smallest absolute Gasteiger partial charge is 0.235 e. The van der Waals surface area contributed by atoms with E-state index in [1.165, 1.54) is 38.6 Å². The van der Waals surface area contributed by atoms with E-state index in [-0.39, 0.29) is 11.8 Å². The lowest BCUT2D eigenvalue weighted by atomic mass is 9.88. The van der Waals surface area contributed by atoms with Crippen LogP contribution >= 0.6 is 0 Å². The third kappa shape index (κ3) is 7.13. The summed E-state index contributed by atoms with van der Waals surface area (Å²) >= 11 is 0. The van der Waals surface area contributed by atoms with E-state index in [0.717, 1.165) is 31.8 Å². The zero-order chi connectivity index (χ0) is 20.7. The van der Waals surface area contributed by atoms with Crippen LogP contribution in [-0.2, 0) is 20.4 Å². The number of likely N-dealkylation sites (tertiary alicyclic amines) is 1. The van der Waals surface area contributed by atoms with E-state index in [4.69, 9.17) is 5.26 Å². The first-order valence-corrected chi connectivity index (χ1v) is 12.5. The van der Waals surface area contributed by atoms with Crippen molar-refractivity contribution in [1.29, 1.82) is 5.26 Å². The highest BCUT2D eigenvalue weighted by Crippen LogP contribution is 2.25. The highest BCUT2D eigenvalue weighted by atomic mass is 32.2. The molecule has 0 unspecified atom stereocenters. The predicted octanol–water partition coefficient (Wildman–Crippen LogP) is 2.63. The topological polar surface area (TPSA) is 90.3 Å². The maximum atomic E-state index is 12.3. The monoisotopic (exact) mass is 417 g/mol. The quantitative estimate of drug-likeness (QED) is 0.736. The standard InChI is InChI=1S/C22H31N3O3S/c23-14-18-6-8-20(9-7-18)16-29(27,28)17-22(26)24-21-10-12-25(13-11-21)15-19-4-2-1-3-5-19/h6-9,19,21H,1-5,10-13,15-17H2,(H,24,26).